The summed E-state index contributed by atoms with van der Waals surface area (Å²) >= 11 is 6.02. The van der Waals surface area contributed by atoms with E-state index in [4.69, 9.17) is 16.3 Å². The van der Waals surface area contributed by atoms with Crippen LogP contribution in [0.4, 0.5) is 5.69 Å². The molecule has 0 saturated carbocycles. The highest BCUT2D eigenvalue weighted by atomic mass is 35.5. The highest BCUT2D eigenvalue weighted by Crippen LogP contribution is 2.41. The van der Waals surface area contributed by atoms with E-state index in [1.165, 1.54) is 4.90 Å². The normalized spacial score (nSPS) is 20.3. The van der Waals surface area contributed by atoms with Crippen molar-refractivity contribution < 1.29 is 19.4 Å². The molecule has 2 aromatic carbocycles. The molecule has 2 aliphatic heterocycles. The summed E-state index contributed by atoms with van der Waals surface area (Å²) in [7, 11) is 1.94. The number of aliphatic hydroxyl groups is 1. The first-order valence-electron chi connectivity index (χ1n) is 9.94. The SMILES string of the molecule is CCCN1C(=O)C(=O)/C(=C(\O)c2ccc3c(c2)N(C)CCO3)C1c1ccc(Cl)cc1. The van der Waals surface area contributed by atoms with Crippen molar-refractivity contribution in [3.05, 3.63) is 64.2 Å². The summed E-state index contributed by atoms with van der Waals surface area (Å²) in [5.74, 6) is -0.741. The fraction of sp³-hybridized carbons (Fsp3) is 0.304. The smallest absolute Gasteiger partial charge is 0.295 e. The first kappa shape index (κ1) is 20.3. The first-order chi connectivity index (χ1) is 14.4. The second-order valence-corrected chi connectivity index (χ2v) is 7.93. The number of ether oxygens (including phenoxy) is 1. The van der Waals surface area contributed by atoms with Gasteiger partial charge in [-0.2, -0.15) is 0 Å². The van der Waals surface area contributed by atoms with E-state index in [0.717, 1.165) is 23.5 Å². The number of benzene rings is 2. The van der Waals surface area contributed by atoms with Gasteiger partial charge in [0, 0.05) is 24.2 Å². The maximum Gasteiger partial charge on any atom is 0.295 e. The van der Waals surface area contributed by atoms with E-state index in [-0.39, 0.29) is 11.3 Å². The molecule has 2 heterocycles. The molecular weight excluding hydrogens is 404 g/mol. The molecule has 2 aromatic rings. The monoisotopic (exact) mass is 426 g/mol. The molecule has 1 amide bonds. The molecule has 0 bridgehead atoms. The minimum atomic E-state index is -0.678. The minimum Gasteiger partial charge on any atom is -0.507 e. The van der Waals surface area contributed by atoms with Crippen LogP contribution in [0.2, 0.25) is 5.02 Å². The molecule has 30 heavy (non-hydrogen) atoms. The number of halogens is 1. The number of aliphatic hydroxyl groups excluding tert-OH is 1. The number of carbonyl (C=O) groups is 2. The van der Waals surface area contributed by atoms with Gasteiger partial charge in [0.05, 0.1) is 23.8 Å². The number of hydrogen-bond donors (Lipinski definition) is 1. The maximum absolute atomic E-state index is 12.9. The van der Waals surface area contributed by atoms with E-state index in [1.54, 1.807) is 42.5 Å². The Labute approximate surface area is 180 Å². The Bertz CT molecular complexity index is 1030. The van der Waals surface area contributed by atoms with E-state index in [0.29, 0.717) is 30.2 Å². The third-order valence-corrected chi connectivity index (χ3v) is 5.77. The fourth-order valence-corrected chi connectivity index (χ4v) is 4.12. The van der Waals surface area contributed by atoms with Crippen molar-refractivity contribution in [3.8, 4) is 5.75 Å². The van der Waals surface area contributed by atoms with E-state index in [2.05, 4.69) is 0 Å². The third kappa shape index (κ3) is 3.41. The number of likely N-dealkylation sites (tertiary alicyclic amines) is 1. The van der Waals surface area contributed by atoms with Crippen LogP contribution in [0.3, 0.4) is 0 Å². The highest BCUT2D eigenvalue weighted by Gasteiger charge is 2.45. The Balaban J connectivity index is 1.85. The summed E-state index contributed by atoms with van der Waals surface area (Å²) in [5, 5.41) is 11.7. The number of ketones is 1. The lowest BCUT2D eigenvalue weighted by Gasteiger charge is -2.28. The van der Waals surface area contributed by atoms with Crippen molar-refractivity contribution in [1.29, 1.82) is 0 Å². The Morgan fingerprint density at radius 3 is 2.63 bits per heavy atom. The van der Waals surface area contributed by atoms with Crippen LogP contribution in [0.1, 0.15) is 30.5 Å². The Hall–Kier alpha value is -2.99. The summed E-state index contributed by atoms with van der Waals surface area (Å²) in [6.45, 7) is 3.67. The molecular formula is C23H23ClN2O4. The largest absolute Gasteiger partial charge is 0.507 e. The molecule has 1 N–H and O–H groups in total. The van der Waals surface area contributed by atoms with Crippen LogP contribution in [-0.2, 0) is 9.59 Å². The van der Waals surface area contributed by atoms with Crippen LogP contribution >= 0.6 is 11.6 Å². The van der Waals surface area contributed by atoms with E-state index in [1.807, 2.05) is 18.9 Å². The number of amides is 1. The molecule has 1 fully saturated rings. The number of nitrogens with zero attached hydrogens (tertiary/aromatic N) is 2. The van der Waals surface area contributed by atoms with Gasteiger partial charge in [-0.25, -0.2) is 0 Å². The van der Waals surface area contributed by atoms with E-state index >= 15 is 0 Å². The predicted octanol–water partition coefficient (Wildman–Crippen LogP) is 4.00. The lowest BCUT2D eigenvalue weighted by atomic mass is 9.95. The van der Waals surface area contributed by atoms with Crippen molar-refractivity contribution in [1.82, 2.24) is 4.90 Å². The molecule has 0 spiro atoms. The van der Waals surface area contributed by atoms with Gasteiger partial charge in [-0.15, -0.1) is 0 Å². The summed E-state index contributed by atoms with van der Waals surface area (Å²) in [6, 6.07) is 11.6. The first-order valence-corrected chi connectivity index (χ1v) is 10.3. The molecule has 1 saturated heterocycles. The molecule has 156 valence electrons. The topological polar surface area (TPSA) is 70.1 Å². The molecule has 2 aliphatic rings. The zero-order valence-corrected chi connectivity index (χ0v) is 17.6. The Morgan fingerprint density at radius 2 is 1.93 bits per heavy atom. The van der Waals surface area contributed by atoms with Crippen molar-refractivity contribution in [2.45, 2.75) is 19.4 Å². The lowest BCUT2D eigenvalue weighted by molar-refractivity contribution is -0.139. The zero-order chi connectivity index (χ0) is 21.4. The summed E-state index contributed by atoms with van der Waals surface area (Å²) < 4.78 is 5.66. The van der Waals surface area contributed by atoms with Gasteiger partial charge in [-0.1, -0.05) is 30.7 Å². The molecule has 7 heteroatoms. The molecule has 1 unspecified atom stereocenters. The number of fused-ring (bicyclic) bond motifs is 1. The van der Waals surface area contributed by atoms with Crippen molar-refractivity contribution >= 4 is 34.7 Å². The van der Waals surface area contributed by atoms with E-state index < -0.39 is 17.7 Å². The predicted molar refractivity (Wildman–Crippen MR) is 116 cm³/mol. The van der Waals surface area contributed by atoms with Gasteiger partial charge in [-0.3, -0.25) is 9.59 Å². The zero-order valence-electron chi connectivity index (χ0n) is 16.9. The second kappa shape index (κ2) is 8.03. The highest BCUT2D eigenvalue weighted by molar-refractivity contribution is 6.46. The minimum absolute atomic E-state index is 0.0927. The third-order valence-electron chi connectivity index (χ3n) is 5.52. The van der Waals surface area contributed by atoms with Gasteiger partial charge in [0.15, 0.2) is 0 Å². The van der Waals surface area contributed by atoms with Crippen molar-refractivity contribution in [2.75, 3.05) is 31.6 Å². The van der Waals surface area contributed by atoms with Gasteiger partial charge in [0.2, 0.25) is 0 Å². The van der Waals surface area contributed by atoms with Gasteiger partial charge >= 0.3 is 0 Å². The maximum atomic E-state index is 12.9. The number of hydrogen-bond acceptors (Lipinski definition) is 5. The van der Waals surface area contributed by atoms with Crippen LogP contribution in [0.15, 0.2) is 48.0 Å². The number of anilines is 1. The van der Waals surface area contributed by atoms with Crippen molar-refractivity contribution in [3.63, 3.8) is 0 Å². The van der Waals surface area contributed by atoms with Crippen LogP contribution in [0.5, 0.6) is 5.75 Å². The Kier molecular flexibility index (Phi) is 5.43. The van der Waals surface area contributed by atoms with Crippen LogP contribution in [0, 0.1) is 0 Å². The average molecular weight is 427 g/mol. The Morgan fingerprint density at radius 1 is 1.20 bits per heavy atom. The fourth-order valence-electron chi connectivity index (χ4n) is 4.00. The van der Waals surface area contributed by atoms with Gasteiger partial charge < -0.3 is 19.6 Å². The summed E-state index contributed by atoms with van der Waals surface area (Å²) in [4.78, 5) is 29.2. The molecule has 4 rings (SSSR count). The number of rotatable bonds is 4. The quantitative estimate of drug-likeness (QED) is 0.454. The van der Waals surface area contributed by atoms with Crippen LogP contribution < -0.4 is 9.64 Å². The molecule has 0 aliphatic carbocycles. The van der Waals surface area contributed by atoms with Crippen molar-refractivity contribution in [2.24, 2.45) is 0 Å². The number of likely N-dealkylation sites (N-methyl/N-ethyl adjacent to an activating group) is 1. The number of Topliss-reactive ketones (excluding diaryl/α,β-unsaturated/α-hetero) is 1. The molecule has 1 atom stereocenters. The van der Waals surface area contributed by atoms with Crippen LogP contribution in [0.25, 0.3) is 5.76 Å². The van der Waals surface area contributed by atoms with Gasteiger partial charge in [0.1, 0.15) is 18.1 Å². The lowest BCUT2D eigenvalue weighted by Crippen LogP contribution is -2.30. The van der Waals surface area contributed by atoms with Gasteiger partial charge in [0.25, 0.3) is 11.7 Å². The molecule has 0 radical (unpaired) electrons. The summed E-state index contributed by atoms with van der Waals surface area (Å²) in [6.07, 6.45) is 0.693. The molecule has 6 nitrogen and oxygen atoms in total. The second-order valence-electron chi connectivity index (χ2n) is 7.50. The van der Waals surface area contributed by atoms with Gasteiger partial charge in [-0.05, 0) is 42.3 Å². The standard InChI is InChI=1S/C23H23ClN2O4/c1-3-10-26-20(14-4-7-16(24)8-5-14)19(22(28)23(26)29)21(27)15-6-9-18-17(13-15)25(2)11-12-30-18/h4-9,13,20,27H,3,10-12H2,1-2H3/b21-19-. The van der Waals surface area contributed by atoms with E-state index in [9.17, 15) is 14.7 Å². The summed E-state index contributed by atoms with van der Waals surface area (Å²) in [5.41, 5.74) is 2.12. The number of carbonyl (C=O) groups excluding carboxylic acids is 2. The van der Waals surface area contributed by atoms with Crippen LogP contribution in [-0.4, -0.2) is 48.4 Å². The average Bonchev–Trinajstić information content (AvgIpc) is 2.99. The molecule has 0 aromatic heterocycles.